The van der Waals surface area contributed by atoms with Crippen LogP contribution in [-0.4, -0.2) is 29.4 Å². The standard InChI is InChI=1S/C16H25FN2O3/c1-10-9-11(5-6-12(10)17)14(20)13(18)7-8-19-15(21)22-16(2,3)4/h5-6,9,13-14,20H,7-8,18H2,1-4H3,(H,19,21). The number of aliphatic hydroxyl groups excluding tert-OH is 1. The van der Waals surface area contributed by atoms with Crippen molar-refractivity contribution in [3.63, 3.8) is 0 Å². The number of amides is 1. The molecule has 1 aromatic carbocycles. The molecule has 0 aliphatic rings. The number of benzene rings is 1. The molecular weight excluding hydrogens is 287 g/mol. The van der Waals surface area contributed by atoms with Crippen molar-refractivity contribution in [1.82, 2.24) is 5.32 Å². The summed E-state index contributed by atoms with van der Waals surface area (Å²) in [5, 5.41) is 12.7. The van der Waals surface area contributed by atoms with Gasteiger partial charge in [0.1, 0.15) is 11.4 Å². The Kier molecular flexibility index (Phi) is 6.32. The quantitative estimate of drug-likeness (QED) is 0.779. The molecule has 6 heteroatoms. The van der Waals surface area contributed by atoms with E-state index in [0.29, 0.717) is 17.5 Å². The third kappa shape index (κ3) is 5.99. The van der Waals surface area contributed by atoms with Gasteiger partial charge in [0.25, 0.3) is 0 Å². The van der Waals surface area contributed by atoms with Crippen LogP contribution in [0.5, 0.6) is 0 Å². The molecule has 1 rings (SSSR count). The maximum atomic E-state index is 13.2. The second-order valence-corrected chi connectivity index (χ2v) is 6.33. The van der Waals surface area contributed by atoms with E-state index >= 15 is 0 Å². The maximum absolute atomic E-state index is 13.2. The lowest BCUT2D eigenvalue weighted by atomic mass is 9.99. The molecule has 0 bridgehead atoms. The molecule has 0 saturated carbocycles. The summed E-state index contributed by atoms with van der Waals surface area (Å²) in [6.45, 7) is 7.24. The summed E-state index contributed by atoms with van der Waals surface area (Å²) in [6.07, 6.45) is -1.07. The molecule has 1 amide bonds. The molecule has 0 aliphatic carbocycles. The van der Waals surface area contributed by atoms with Crippen LogP contribution in [0.25, 0.3) is 0 Å². The SMILES string of the molecule is Cc1cc(C(O)C(N)CCNC(=O)OC(C)(C)C)ccc1F. The van der Waals surface area contributed by atoms with Crippen molar-refractivity contribution in [1.29, 1.82) is 0 Å². The Morgan fingerprint density at radius 2 is 2.09 bits per heavy atom. The van der Waals surface area contributed by atoms with E-state index < -0.39 is 23.8 Å². The Hall–Kier alpha value is -1.66. The zero-order valence-corrected chi connectivity index (χ0v) is 13.5. The van der Waals surface area contributed by atoms with Gasteiger partial charge in [0.05, 0.1) is 6.10 Å². The fourth-order valence-corrected chi connectivity index (χ4v) is 1.91. The molecule has 2 atom stereocenters. The van der Waals surface area contributed by atoms with E-state index in [1.165, 1.54) is 12.1 Å². The number of hydrogen-bond donors (Lipinski definition) is 3. The number of rotatable bonds is 5. The van der Waals surface area contributed by atoms with E-state index in [1.54, 1.807) is 33.8 Å². The van der Waals surface area contributed by atoms with Gasteiger partial charge in [-0.2, -0.15) is 0 Å². The van der Waals surface area contributed by atoms with Crippen molar-refractivity contribution in [3.05, 3.63) is 35.1 Å². The van der Waals surface area contributed by atoms with Crippen molar-refractivity contribution in [3.8, 4) is 0 Å². The molecule has 0 saturated heterocycles. The monoisotopic (exact) mass is 312 g/mol. The molecule has 0 aromatic heterocycles. The fourth-order valence-electron chi connectivity index (χ4n) is 1.91. The molecule has 5 nitrogen and oxygen atoms in total. The number of alkyl carbamates (subject to hydrolysis) is 1. The average molecular weight is 312 g/mol. The molecule has 124 valence electrons. The minimum absolute atomic E-state index is 0.285. The summed E-state index contributed by atoms with van der Waals surface area (Å²) in [5.74, 6) is -0.323. The third-order valence-corrected chi connectivity index (χ3v) is 3.07. The lowest BCUT2D eigenvalue weighted by Crippen LogP contribution is -2.37. The number of halogens is 1. The minimum Gasteiger partial charge on any atom is -0.444 e. The summed E-state index contributed by atoms with van der Waals surface area (Å²) < 4.78 is 18.3. The Morgan fingerprint density at radius 3 is 2.64 bits per heavy atom. The fraction of sp³-hybridized carbons (Fsp3) is 0.562. The zero-order chi connectivity index (χ0) is 16.9. The van der Waals surface area contributed by atoms with Crippen LogP contribution in [0.2, 0.25) is 0 Å². The second kappa shape index (κ2) is 7.56. The first kappa shape index (κ1) is 18.4. The summed E-state index contributed by atoms with van der Waals surface area (Å²) >= 11 is 0. The predicted octanol–water partition coefficient (Wildman–Crippen LogP) is 2.41. The molecule has 4 N–H and O–H groups in total. The van der Waals surface area contributed by atoms with Gasteiger partial charge in [-0.3, -0.25) is 0 Å². The molecular formula is C16H25FN2O3. The number of carbonyl (C=O) groups is 1. The molecule has 0 heterocycles. The molecule has 2 unspecified atom stereocenters. The third-order valence-electron chi connectivity index (χ3n) is 3.07. The number of hydrogen-bond acceptors (Lipinski definition) is 4. The van der Waals surface area contributed by atoms with Crippen LogP contribution in [-0.2, 0) is 4.74 Å². The average Bonchev–Trinajstić information content (AvgIpc) is 2.38. The predicted molar refractivity (Wildman–Crippen MR) is 82.9 cm³/mol. The summed E-state index contributed by atoms with van der Waals surface area (Å²) in [7, 11) is 0. The van der Waals surface area contributed by atoms with E-state index in [2.05, 4.69) is 5.32 Å². The van der Waals surface area contributed by atoms with Crippen LogP contribution >= 0.6 is 0 Å². The van der Waals surface area contributed by atoms with Gasteiger partial charge in [0.15, 0.2) is 0 Å². The molecule has 22 heavy (non-hydrogen) atoms. The van der Waals surface area contributed by atoms with Crippen LogP contribution in [0.3, 0.4) is 0 Å². The number of nitrogens with one attached hydrogen (secondary N) is 1. The van der Waals surface area contributed by atoms with Crippen LogP contribution in [0.15, 0.2) is 18.2 Å². The van der Waals surface area contributed by atoms with Crippen LogP contribution in [0.1, 0.15) is 44.4 Å². The van der Waals surface area contributed by atoms with Crippen LogP contribution < -0.4 is 11.1 Å². The first-order valence-corrected chi connectivity index (χ1v) is 7.26. The molecule has 0 aliphatic heterocycles. The van der Waals surface area contributed by atoms with Crippen molar-refractivity contribution >= 4 is 6.09 Å². The van der Waals surface area contributed by atoms with Crippen molar-refractivity contribution in [2.45, 2.75) is 51.9 Å². The number of ether oxygens (including phenoxy) is 1. The largest absolute Gasteiger partial charge is 0.444 e. The summed E-state index contributed by atoms with van der Waals surface area (Å²) in [5.41, 5.74) is 6.37. The molecule has 0 radical (unpaired) electrons. The van der Waals surface area contributed by atoms with Gasteiger partial charge in [-0.1, -0.05) is 12.1 Å². The first-order valence-electron chi connectivity index (χ1n) is 7.26. The first-order chi connectivity index (χ1) is 10.1. The maximum Gasteiger partial charge on any atom is 0.407 e. The normalized spacial score (nSPS) is 14.3. The highest BCUT2D eigenvalue weighted by molar-refractivity contribution is 5.67. The van der Waals surface area contributed by atoms with Gasteiger partial charge < -0.3 is 20.9 Å². The van der Waals surface area contributed by atoms with Crippen LogP contribution in [0, 0.1) is 12.7 Å². The smallest absolute Gasteiger partial charge is 0.407 e. The van der Waals surface area contributed by atoms with Gasteiger partial charge in [-0.25, -0.2) is 9.18 Å². The Balaban J connectivity index is 2.46. The Morgan fingerprint density at radius 1 is 1.45 bits per heavy atom. The minimum atomic E-state index is -0.917. The zero-order valence-electron chi connectivity index (χ0n) is 13.5. The van der Waals surface area contributed by atoms with Crippen LogP contribution in [0.4, 0.5) is 9.18 Å². The molecule has 0 spiro atoms. The van der Waals surface area contributed by atoms with E-state index in [0.717, 1.165) is 0 Å². The summed E-state index contributed by atoms with van der Waals surface area (Å²) in [4.78, 5) is 11.5. The van der Waals surface area contributed by atoms with Crippen molar-refractivity contribution in [2.24, 2.45) is 5.73 Å². The van der Waals surface area contributed by atoms with Gasteiger partial charge in [-0.05, 0) is 51.3 Å². The highest BCUT2D eigenvalue weighted by Gasteiger charge is 2.19. The Labute approximate surface area is 130 Å². The molecule has 1 aromatic rings. The van der Waals surface area contributed by atoms with Gasteiger partial charge >= 0.3 is 6.09 Å². The Bertz CT molecular complexity index is 515. The van der Waals surface area contributed by atoms with E-state index in [1.807, 2.05) is 0 Å². The lowest BCUT2D eigenvalue weighted by Gasteiger charge is -2.22. The number of nitrogens with two attached hydrogens (primary N) is 1. The highest BCUT2D eigenvalue weighted by atomic mass is 19.1. The number of aryl methyl sites for hydroxylation is 1. The van der Waals surface area contributed by atoms with Gasteiger partial charge in [0, 0.05) is 12.6 Å². The summed E-state index contributed by atoms with van der Waals surface area (Å²) in [6, 6.07) is 3.81. The van der Waals surface area contributed by atoms with E-state index in [4.69, 9.17) is 10.5 Å². The van der Waals surface area contributed by atoms with Crippen molar-refractivity contribution < 1.29 is 19.0 Å². The highest BCUT2D eigenvalue weighted by Crippen LogP contribution is 2.20. The van der Waals surface area contributed by atoms with E-state index in [9.17, 15) is 14.3 Å². The second-order valence-electron chi connectivity index (χ2n) is 6.33. The topological polar surface area (TPSA) is 84.6 Å². The number of aliphatic hydroxyl groups is 1. The van der Waals surface area contributed by atoms with Crippen molar-refractivity contribution in [2.75, 3.05) is 6.54 Å². The van der Waals surface area contributed by atoms with E-state index in [-0.39, 0.29) is 12.4 Å². The van der Waals surface area contributed by atoms with Gasteiger partial charge in [0.2, 0.25) is 0 Å². The molecule has 0 fully saturated rings. The number of carbonyl (C=O) groups excluding carboxylic acids is 1. The van der Waals surface area contributed by atoms with Gasteiger partial charge in [-0.15, -0.1) is 0 Å². The lowest BCUT2D eigenvalue weighted by molar-refractivity contribution is 0.0521.